The smallest absolute Gasteiger partial charge is 0.131 e. The first-order valence-corrected chi connectivity index (χ1v) is 5.84. The zero-order chi connectivity index (χ0) is 10.7. The van der Waals surface area contributed by atoms with Gasteiger partial charge in [-0.3, -0.25) is 0 Å². The second-order valence-corrected chi connectivity index (χ2v) is 4.40. The molecule has 1 aromatic heterocycles. The van der Waals surface area contributed by atoms with E-state index in [9.17, 15) is 0 Å². The molecule has 2 N–H and O–H groups in total. The lowest BCUT2D eigenvalue weighted by Crippen LogP contribution is -2.12. The van der Waals surface area contributed by atoms with Crippen LogP contribution in [-0.2, 0) is 6.54 Å². The van der Waals surface area contributed by atoms with Crippen molar-refractivity contribution in [1.29, 1.82) is 0 Å². The number of hydrogen-bond donors (Lipinski definition) is 1. The molecule has 0 bridgehead atoms. The van der Waals surface area contributed by atoms with Crippen LogP contribution in [0.15, 0.2) is 6.07 Å². The Bertz CT molecular complexity index is 330. The normalized spacial score (nSPS) is 18.0. The highest BCUT2D eigenvalue weighted by Crippen LogP contribution is 2.30. The van der Waals surface area contributed by atoms with Gasteiger partial charge in [0.25, 0.3) is 0 Å². The molecule has 1 aromatic rings. The molecule has 0 radical (unpaired) electrons. The minimum Gasteiger partial charge on any atom is -0.325 e. The molecule has 1 saturated carbocycles. The Labute approximate surface area is 91.1 Å². The van der Waals surface area contributed by atoms with Gasteiger partial charge in [0.05, 0.1) is 5.69 Å². The third-order valence-electron chi connectivity index (χ3n) is 3.10. The van der Waals surface area contributed by atoms with Crippen LogP contribution in [0.25, 0.3) is 0 Å². The van der Waals surface area contributed by atoms with Crippen molar-refractivity contribution in [2.24, 2.45) is 5.73 Å². The molecular weight excluding hydrogens is 186 g/mol. The van der Waals surface area contributed by atoms with E-state index in [1.807, 2.05) is 13.0 Å². The molecule has 2 rings (SSSR count). The molecule has 0 aromatic carbocycles. The van der Waals surface area contributed by atoms with Crippen molar-refractivity contribution in [2.75, 3.05) is 0 Å². The highest BCUT2D eigenvalue weighted by atomic mass is 14.9. The number of nitrogens with two attached hydrogens (primary N) is 1. The van der Waals surface area contributed by atoms with Gasteiger partial charge in [0.15, 0.2) is 0 Å². The molecule has 1 aliphatic carbocycles. The highest BCUT2D eigenvalue weighted by molar-refractivity contribution is 5.12. The average molecular weight is 205 g/mol. The van der Waals surface area contributed by atoms with Gasteiger partial charge in [-0.15, -0.1) is 0 Å². The predicted octanol–water partition coefficient (Wildman–Crippen LogP) is 2.29. The summed E-state index contributed by atoms with van der Waals surface area (Å²) in [6, 6.07) is 1.98. The summed E-state index contributed by atoms with van der Waals surface area (Å²) in [7, 11) is 0. The van der Waals surface area contributed by atoms with Gasteiger partial charge in [-0.05, 0) is 25.8 Å². The zero-order valence-electron chi connectivity index (χ0n) is 9.37. The standard InChI is InChI=1S/C12H19N3/c1-9-7-11(8-13)15-12(14-9)10-5-3-2-4-6-10/h7,10H,2-6,8,13H2,1H3. The lowest BCUT2D eigenvalue weighted by atomic mass is 9.88. The molecule has 1 heterocycles. The predicted molar refractivity (Wildman–Crippen MR) is 60.5 cm³/mol. The molecule has 0 atom stereocenters. The van der Waals surface area contributed by atoms with Gasteiger partial charge in [0.2, 0.25) is 0 Å². The van der Waals surface area contributed by atoms with Gasteiger partial charge in [-0.1, -0.05) is 19.3 Å². The van der Waals surface area contributed by atoms with Crippen molar-refractivity contribution in [2.45, 2.75) is 51.5 Å². The molecule has 0 amide bonds. The minimum absolute atomic E-state index is 0.517. The summed E-state index contributed by atoms with van der Waals surface area (Å²) in [5, 5.41) is 0. The van der Waals surface area contributed by atoms with E-state index in [0.717, 1.165) is 17.2 Å². The fourth-order valence-electron chi connectivity index (χ4n) is 2.31. The van der Waals surface area contributed by atoms with Crippen molar-refractivity contribution in [3.8, 4) is 0 Å². The molecule has 3 nitrogen and oxygen atoms in total. The number of aryl methyl sites for hydroxylation is 1. The van der Waals surface area contributed by atoms with E-state index in [-0.39, 0.29) is 0 Å². The molecule has 0 unspecified atom stereocenters. The molecule has 0 saturated heterocycles. The summed E-state index contributed by atoms with van der Waals surface area (Å²) >= 11 is 0. The maximum Gasteiger partial charge on any atom is 0.131 e. The maximum atomic E-state index is 5.63. The Kier molecular flexibility index (Phi) is 3.31. The first kappa shape index (κ1) is 10.6. The Morgan fingerprint density at radius 2 is 2.00 bits per heavy atom. The van der Waals surface area contributed by atoms with E-state index in [1.165, 1.54) is 32.1 Å². The van der Waals surface area contributed by atoms with Crippen molar-refractivity contribution < 1.29 is 0 Å². The van der Waals surface area contributed by atoms with Crippen LogP contribution < -0.4 is 5.73 Å². The summed E-state index contributed by atoms with van der Waals surface area (Å²) < 4.78 is 0. The van der Waals surface area contributed by atoms with E-state index < -0.39 is 0 Å². The number of hydrogen-bond acceptors (Lipinski definition) is 3. The molecule has 1 aliphatic rings. The van der Waals surface area contributed by atoms with Crippen LogP contribution in [-0.4, -0.2) is 9.97 Å². The molecule has 1 fully saturated rings. The van der Waals surface area contributed by atoms with Crippen LogP contribution in [0, 0.1) is 6.92 Å². The SMILES string of the molecule is Cc1cc(CN)nc(C2CCCCC2)n1. The molecular formula is C12H19N3. The fraction of sp³-hybridized carbons (Fsp3) is 0.667. The zero-order valence-corrected chi connectivity index (χ0v) is 9.37. The van der Waals surface area contributed by atoms with Gasteiger partial charge in [-0.25, -0.2) is 9.97 Å². The van der Waals surface area contributed by atoms with Gasteiger partial charge in [0, 0.05) is 18.2 Å². The largest absolute Gasteiger partial charge is 0.325 e. The highest BCUT2D eigenvalue weighted by Gasteiger charge is 2.18. The van der Waals surface area contributed by atoms with Crippen LogP contribution in [0.4, 0.5) is 0 Å². The Morgan fingerprint density at radius 3 is 2.67 bits per heavy atom. The van der Waals surface area contributed by atoms with Crippen LogP contribution in [0.2, 0.25) is 0 Å². The summed E-state index contributed by atoms with van der Waals surface area (Å²) in [4.78, 5) is 9.08. The minimum atomic E-state index is 0.517. The van der Waals surface area contributed by atoms with Gasteiger partial charge in [0.1, 0.15) is 5.82 Å². The van der Waals surface area contributed by atoms with Crippen LogP contribution in [0.1, 0.15) is 55.2 Å². The summed E-state index contributed by atoms with van der Waals surface area (Å²) in [6.07, 6.45) is 6.49. The Hall–Kier alpha value is -0.960. The Balaban J connectivity index is 2.22. The van der Waals surface area contributed by atoms with E-state index >= 15 is 0 Å². The topological polar surface area (TPSA) is 51.8 Å². The summed E-state index contributed by atoms with van der Waals surface area (Å²) in [5.41, 5.74) is 7.65. The Morgan fingerprint density at radius 1 is 1.27 bits per heavy atom. The van der Waals surface area contributed by atoms with Gasteiger partial charge < -0.3 is 5.73 Å². The van der Waals surface area contributed by atoms with E-state index in [4.69, 9.17) is 5.73 Å². The second-order valence-electron chi connectivity index (χ2n) is 4.40. The van der Waals surface area contributed by atoms with Crippen molar-refractivity contribution in [1.82, 2.24) is 9.97 Å². The van der Waals surface area contributed by atoms with Crippen LogP contribution >= 0.6 is 0 Å². The van der Waals surface area contributed by atoms with Gasteiger partial charge in [-0.2, -0.15) is 0 Å². The van der Waals surface area contributed by atoms with E-state index in [2.05, 4.69) is 9.97 Å². The lowest BCUT2D eigenvalue weighted by Gasteiger charge is -2.20. The van der Waals surface area contributed by atoms with Crippen molar-refractivity contribution in [3.05, 3.63) is 23.3 Å². The second kappa shape index (κ2) is 4.71. The first-order chi connectivity index (χ1) is 7.29. The lowest BCUT2D eigenvalue weighted by molar-refractivity contribution is 0.427. The first-order valence-electron chi connectivity index (χ1n) is 5.84. The summed E-state index contributed by atoms with van der Waals surface area (Å²) in [6.45, 7) is 2.54. The third-order valence-corrected chi connectivity index (χ3v) is 3.10. The monoisotopic (exact) mass is 205 g/mol. The van der Waals surface area contributed by atoms with E-state index in [0.29, 0.717) is 12.5 Å². The number of aromatic nitrogens is 2. The molecule has 15 heavy (non-hydrogen) atoms. The number of nitrogens with zero attached hydrogens (tertiary/aromatic N) is 2. The summed E-state index contributed by atoms with van der Waals surface area (Å²) in [5.74, 6) is 1.60. The van der Waals surface area contributed by atoms with Crippen LogP contribution in [0.5, 0.6) is 0 Å². The van der Waals surface area contributed by atoms with Crippen LogP contribution in [0.3, 0.4) is 0 Å². The quantitative estimate of drug-likeness (QED) is 0.806. The maximum absolute atomic E-state index is 5.63. The molecule has 0 spiro atoms. The molecule has 82 valence electrons. The van der Waals surface area contributed by atoms with Crippen molar-refractivity contribution >= 4 is 0 Å². The van der Waals surface area contributed by atoms with E-state index in [1.54, 1.807) is 0 Å². The molecule has 0 aliphatic heterocycles. The third kappa shape index (κ3) is 2.53. The fourth-order valence-corrected chi connectivity index (χ4v) is 2.31. The number of rotatable bonds is 2. The van der Waals surface area contributed by atoms with Crippen molar-refractivity contribution in [3.63, 3.8) is 0 Å². The van der Waals surface area contributed by atoms with Gasteiger partial charge >= 0.3 is 0 Å². The molecule has 3 heteroatoms. The average Bonchev–Trinajstić information content (AvgIpc) is 2.29.